The zero-order chi connectivity index (χ0) is 14.8. The van der Waals surface area contributed by atoms with Crippen molar-refractivity contribution in [2.75, 3.05) is 5.32 Å². The summed E-state index contributed by atoms with van der Waals surface area (Å²) in [7, 11) is 0. The summed E-state index contributed by atoms with van der Waals surface area (Å²) in [5.74, 6) is -0.912. The summed E-state index contributed by atoms with van der Waals surface area (Å²) in [6, 6.07) is 5.86. The van der Waals surface area contributed by atoms with Gasteiger partial charge in [-0.25, -0.2) is 9.37 Å². The summed E-state index contributed by atoms with van der Waals surface area (Å²) >= 11 is 3.17. The monoisotopic (exact) mass is 348 g/mol. The van der Waals surface area contributed by atoms with Gasteiger partial charge in [0.25, 0.3) is 0 Å². The van der Waals surface area contributed by atoms with Crippen LogP contribution in [0.4, 0.5) is 23.2 Å². The van der Waals surface area contributed by atoms with E-state index in [1.807, 2.05) is 0 Å². The lowest BCUT2D eigenvalue weighted by molar-refractivity contribution is -0.137. The van der Waals surface area contributed by atoms with Gasteiger partial charge in [-0.2, -0.15) is 13.2 Å². The highest BCUT2D eigenvalue weighted by Gasteiger charge is 2.31. The zero-order valence-electron chi connectivity index (χ0n) is 10.0. The van der Waals surface area contributed by atoms with E-state index in [-0.39, 0.29) is 12.1 Å². The van der Waals surface area contributed by atoms with Gasteiger partial charge in [0, 0.05) is 6.54 Å². The van der Waals surface area contributed by atoms with Gasteiger partial charge in [0.05, 0.1) is 17.4 Å². The lowest BCUT2D eigenvalue weighted by Crippen LogP contribution is -2.08. The maximum Gasteiger partial charge on any atom is 0.416 e. The van der Waals surface area contributed by atoms with Gasteiger partial charge in [-0.05, 0) is 51.8 Å². The quantitative estimate of drug-likeness (QED) is 0.646. The minimum absolute atomic E-state index is 0.0736. The topological polar surface area (TPSA) is 24.9 Å². The molecule has 0 saturated carbocycles. The van der Waals surface area contributed by atoms with E-state index in [4.69, 9.17) is 0 Å². The van der Waals surface area contributed by atoms with E-state index >= 15 is 0 Å². The van der Waals surface area contributed by atoms with Crippen LogP contribution in [-0.2, 0) is 12.7 Å². The highest BCUT2D eigenvalue weighted by Crippen LogP contribution is 2.30. The molecule has 2 aromatic rings. The summed E-state index contributed by atoms with van der Waals surface area (Å²) < 4.78 is 51.5. The Kier molecular flexibility index (Phi) is 4.27. The molecule has 1 aromatic heterocycles. The van der Waals surface area contributed by atoms with E-state index < -0.39 is 17.6 Å². The van der Waals surface area contributed by atoms with Crippen LogP contribution in [0.15, 0.2) is 41.1 Å². The number of alkyl halides is 3. The van der Waals surface area contributed by atoms with Crippen molar-refractivity contribution in [2.45, 2.75) is 12.7 Å². The van der Waals surface area contributed by atoms with Crippen molar-refractivity contribution in [1.29, 1.82) is 0 Å². The van der Waals surface area contributed by atoms with Gasteiger partial charge in [0.1, 0.15) is 10.4 Å². The van der Waals surface area contributed by atoms with Crippen molar-refractivity contribution in [3.05, 3.63) is 58.1 Å². The molecule has 0 aliphatic heterocycles. The van der Waals surface area contributed by atoms with Crippen LogP contribution in [0, 0.1) is 5.82 Å². The van der Waals surface area contributed by atoms with Crippen LogP contribution in [0.3, 0.4) is 0 Å². The molecule has 2 nitrogen and oxygen atoms in total. The van der Waals surface area contributed by atoms with Crippen molar-refractivity contribution >= 4 is 21.6 Å². The zero-order valence-corrected chi connectivity index (χ0v) is 11.6. The first-order valence-corrected chi connectivity index (χ1v) is 6.36. The Hall–Kier alpha value is -1.63. The van der Waals surface area contributed by atoms with Crippen LogP contribution in [-0.4, -0.2) is 4.98 Å². The molecule has 0 atom stereocenters. The molecule has 0 radical (unpaired) electrons. The highest BCUT2D eigenvalue weighted by molar-refractivity contribution is 9.10. The smallest absolute Gasteiger partial charge is 0.380 e. The van der Waals surface area contributed by atoms with E-state index in [9.17, 15) is 17.6 Å². The molecule has 0 fully saturated rings. The van der Waals surface area contributed by atoms with Crippen LogP contribution < -0.4 is 5.32 Å². The molecule has 0 bridgehead atoms. The maximum absolute atomic E-state index is 13.2. The number of nitrogens with zero attached hydrogens (tertiary/aromatic N) is 1. The fourth-order valence-electron chi connectivity index (χ4n) is 1.60. The Morgan fingerprint density at radius 2 is 1.90 bits per heavy atom. The second-order valence-electron chi connectivity index (χ2n) is 4.07. The van der Waals surface area contributed by atoms with Gasteiger partial charge in [-0.3, -0.25) is 0 Å². The molecule has 0 aliphatic rings. The van der Waals surface area contributed by atoms with Crippen LogP contribution in [0.1, 0.15) is 11.1 Å². The summed E-state index contributed by atoms with van der Waals surface area (Å²) in [6.45, 7) is 0.0736. The standard InChI is InChI=1S/C13H9BrF4N2/c14-12-2-1-11(7-20-12)19-6-8-3-9(13(16,17)18)5-10(15)4-8/h1-5,7,19H,6H2. The van der Waals surface area contributed by atoms with Crippen LogP contribution in [0.5, 0.6) is 0 Å². The van der Waals surface area contributed by atoms with E-state index in [2.05, 4.69) is 26.2 Å². The molecule has 0 unspecified atom stereocenters. The van der Waals surface area contributed by atoms with Crippen molar-refractivity contribution in [3.8, 4) is 0 Å². The predicted molar refractivity (Wildman–Crippen MR) is 70.7 cm³/mol. The van der Waals surface area contributed by atoms with E-state index in [1.54, 1.807) is 12.1 Å². The van der Waals surface area contributed by atoms with Crippen LogP contribution >= 0.6 is 15.9 Å². The molecule has 0 aliphatic carbocycles. The molecule has 20 heavy (non-hydrogen) atoms. The number of halogens is 5. The number of pyridine rings is 1. The number of anilines is 1. The Morgan fingerprint density at radius 1 is 1.15 bits per heavy atom. The summed E-state index contributed by atoms with van der Waals surface area (Å²) in [6.07, 6.45) is -3.04. The molecule has 7 heteroatoms. The fourth-order valence-corrected chi connectivity index (χ4v) is 1.84. The van der Waals surface area contributed by atoms with Gasteiger partial charge in [-0.1, -0.05) is 0 Å². The van der Waals surface area contributed by atoms with E-state index in [1.165, 1.54) is 6.20 Å². The molecule has 1 heterocycles. The molecule has 0 spiro atoms. The van der Waals surface area contributed by atoms with Gasteiger partial charge in [0.2, 0.25) is 0 Å². The Morgan fingerprint density at radius 3 is 2.50 bits per heavy atom. The first-order valence-electron chi connectivity index (χ1n) is 5.57. The van der Waals surface area contributed by atoms with Crippen LogP contribution in [0.25, 0.3) is 0 Å². The third-order valence-corrected chi connectivity index (χ3v) is 2.98. The normalized spacial score (nSPS) is 11.4. The molecule has 1 N–H and O–H groups in total. The minimum atomic E-state index is -4.56. The third-order valence-electron chi connectivity index (χ3n) is 2.51. The van der Waals surface area contributed by atoms with Crippen molar-refractivity contribution < 1.29 is 17.6 Å². The summed E-state index contributed by atoms with van der Waals surface area (Å²) in [4.78, 5) is 3.97. The number of nitrogens with one attached hydrogen (secondary N) is 1. The van der Waals surface area contributed by atoms with Crippen molar-refractivity contribution in [3.63, 3.8) is 0 Å². The molecular formula is C13H9BrF4N2. The molecule has 106 valence electrons. The Bertz CT molecular complexity index is 596. The summed E-state index contributed by atoms with van der Waals surface area (Å²) in [5.41, 5.74) is -0.158. The fraction of sp³-hybridized carbons (Fsp3) is 0.154. The predicted octanol–water partition coefficient (Wildman–Crippen LogP) is 4.61. The van der Waals surface area contributed by atoms with Gasteiger partial charge in [-0.15, -0.1) is 0 Å². The number of hydrogen-bond acceptors (Lipinski definition) is 2. The molecule has 1 aromatic carbocycles. The lowest BCUT2D eigenvalue weighted by atomic mass is 10.1. The Balaban J connectivity index is 2.13. The SMILES string of the molecule is Fc1cc(CNc2ccc(Br)nc2)cc(C(F)(F)F)c1. The largest absolute Gasteiger partial charge is 0.416 e. The van der Waals surface area contributed by atoms with Gasteiger partial charge in [0.15, 0.2) is 0 Å². The van der Waals surface area contributed by atoms with Crippen molar-refractivity contribution in [2.24, 2.45) is 0 Å². The highest BCUT2D eigenvalue weighted by atomic mass is 79.9. The third kappa shape index (κ3) is 3.93. The molecular weight excluding hydrogens is 340 g/mol. The minimum Gasteiger partial charge on any atom is -0.380 e. The second-order valence-corrected chi connectivity index (χ2v) is 4.88. The Labute approximate surface area is 121 Å². The van der Waals surface area contributed by atoms with E-state index in [0.717, 1.165) is 12.1 Å². The first kappa shape index (κ1) is 14.8. The van der Waals surface area contributed by atoms with Gasteiger partial charge >= 0.3 is 6.18 Å². The maximum atomic E-state index is 13.2. The number of aromatic nitrogens is 1. The van der Waals surface area contributed by atoms with E-state index in [0.29, 0.717) is 16.4 Å². The number of rotatable bonds is 3. The second kappa shape index (κ2) is 5.78. The molecule has 0 saturated heterocycles. The average molecular weight is 349 g/mol. The average Bonchev–Trinajstić information content (AvgIpc) is 2.36. The van der Waals surface area contributed by atoms with Crippen LogP contribution in [0.2, 0.25) is 0 Å². The number of benzene rings is 1. The molecule has 2 rings (SSSR count). The summed E-state index contributed by atoms with van der Waals surface area (Å²) in [5, 5.41) is 2.88. The number of hydrogen-bond donors (Lipinski definition) is 1. The molecule has 0 amide bonds. The first-order chi connectivity index (χ1) is 9.34. The van der Waals surface area contributed by atoms with Gasteiger partial charge < -0.3 is 5.32 Å². The van der Waals surface area contributed by atoms with Crippen molar-refractivity contribution in [1.82, 2.24) is 4.98 Å². The lowest BCUT2D eigenvalue weighted by Gasteiger charge is -2.10.